The Labute approximate surface area is 178 Å². The zero-order valence-electron chi connectivity index (χ0n) is 15.2. The molecular weight excluding hydrogens is 407 g/mol. The van der Waals surface area contributed by atoms with Gasteiger partial charge >= 0.3 is 6.03 Å². The summed E-state index contributed by atoms with van der Waals surface area (Å²) in [6, 6.07) is 20.2. The molecule has 144 valence electrons. The predicted octanol–water partition coefficient (Wildman–Crippen LogP) is 5.27. The van der Waals surface area contributed by atoms with Crippen LogP contribution < -0.4 is 9.80 Å². The van der Waals surface area contributed by atoms with E-state index in [1.165, 1.54) is 9.80 Å². The lowest BCUT2D eigenvalue weighted by molar-refractivity contribution is 0.0655. The van der Waals surface area contributed by atoms with Crippen LogP contribution in [0, 0.1) is 12.3 Å². The van der Waals surface area contributed by atoms with Crippen LogP contribution in [0.3, 0.4) is 0 Å². The molecule has 1 fully saturated rings. The number of amides is 2. The summed E-state index contributed by atoms with van der Waals surface area (Å²) in [6.07, 6.45) is 5.53. The molecule has 3 aromatic rings. The Morgan fingerprint density at radius 3 is 2.10 bits per heavy atom. The smallest absolute Gasteiger partial charge is 0.331 e. The third-order valence-electron chi connectivity index (χ3n) is 4.89. The van der Waals surface area contributed by atoms with Crippen molar-refractivity contribution in [1.82, 2.24) is 0 Å². The summed E-state index contributed by atoms with van der Waals surface area (Å²) < 4.78 is 0. The summed E-state index contributed by atoms with van der Waals surface area (Å²) in [7, 11) is 0. The largest absolute Gasteiger partial charge is 0.365 e. The number of halogens is 2. The zero-order valence-corrected chi connectivity index (χ0v) is 16.7. The number of hydrogen-bond donors (Lipinski definition) is 1. The van der Waals surface area contributed by atoms with Crippen LogP contribution in [-0.2, 0) is 5.72 Å². The van der Waals surface area contributed by atoms with Crippen molar-refractivity contribution in [3.63, 3.8) is 0 Å². The molecule has 1 heterocycles. The molecule has 1 aliphatic heterocycles. The number of rotatable bonds is 3. The number of nitrogens with zero attached hydrogens (tertiary/aromatic N) is 2. The molecule has 6 heteroatoms. The first-order valence-corrected chi connectivity index (χ1v) is 9.60. The summed E-state index contributed by atoms with van der Waals surface area (Å²) in [4.78, 5) is 16.3. The molecule has 1 unspecified atom stereocenters. The molecule has 4 nitrogen and oxygen atoms in total. The predicted molar refractivity (Wildman–Crippen MR) is 116 cm³/mol. The van der Waals surface area contributed by atoms with E-state index in [9.17, 15) is 9.90 Å². The van der Waals surface area contributed by atoms with Gasteiger partial charge < -0.3 is 5.11 Å². The number of benzene rings is 3. The van der Waals surface area contributed by atoms with Gasteiger partial charge in [0.05, 0.1) is 6.54 Å². The molecule has 4 rings (SSSR count). The molecule has 2 amide bonds. The van der Waals surface area contributed by atoms with E-state index >= 15 is 0 Å². The molecule has 0 saturated carbocycles. The fraction of sp³-hybridized carbons (Fsp3) is 0.0870. The van der Waals surface area contributed by atoms with Gasteiger partial charge in [-0.05, 0) is 60.7 Å². The lowest BCUT2D eigenvalue weighted by atomic mass is 9.99. The monoisotopic (exact) mass is 422 g/mol. The number of aliphatic hydroxyl groups is 1. The maximum Gasteiger partial charge on any atom is 0.331 e. The molecule has 3 aromatic carbocycles. The highest BCUT2D eigenvalue weighted by Crippen LogP contribution is 2.40. The van der Waals surface area contributed by atoms with Crippen molar-refractivity contribution in [3.8, 4) is 12.3 Å². The van der Waals surface area contributed by atoms with Crippen molar-refractivity contribution < 1.29 is 9.90 Å². The Hall–Kier alpha value is -2.97. The van der Waals surface area contributed by atoms with Crippen LogP contribution >= 0.6 is 23.2 Å². The van der Waals surface area contributed by atoms with Gasteiger partial charge in [0.1, 0.15) is 0 Å². The van der Waals surface area contributed by atoms with E-state index in [1.54, 1.807) is 72.8 Å². The minimum atomic E-state index is -1.63. The first kappa shape index (κ1) is 19.4. The minimum absolute atomic E-state index is 0.0180. The maximum atomic E-state index is 13.4. The third-order valence-corrected chi connectivity index (χ3v) is 5.39. The van der Waals surface area contributed by atoms with Gasteiger partial charge in [0.15, 0.2) is 5.72 Å². The number of anilines is 2. The normalized spacial score (nSPS) is 18.8. The lowest BCUT2D eigenvalue weighted by Gasteiger charge is -2.32. The summed E-state index contributed by atoms with van der Waals surface area (Å²) in [5.74, 6) is 2.57. The van der Waals surface area contributed by atoms with Crippen LogP contribution in [0.25, 0.3) is 0 Å². The van der Waals surface area contributed by atoms with Crippen LogP contribution in [0.5, 0.6) is 0 Å². The van der Waals surface area contributed by atoms with Gasteiger partial charge in [0, 0.05) is 32.5 Å². The molecule has 29 heavy (non-hydrogen) atoms. The fourth-order valence-corrected chi connectivity index (χ4v) is 3.71. The number of urea groups is 1. The first-order valence-electron chi connectivity index (χ1n) is 8.85. The molecule has 1 saturated heterocycles. The Kier molecular flexibility index (Phi) is 4.97. The van der Waals surface area contributed by atoms with E-state index in [0.717, 1.165) is 0 Å². The molecule has 0 bridgehead atoms. The standard InChI is InChI=1S/C23H16Cl2N2O2/c1-2-16-4-3-5-17(14-16)23(29)15-26(20-10-6-18(24)7-11-20)22(28)27(23)21-12-8-19(25)9-13-21/h1,3-14,29H,15H2. The summed E-state index contributed by atoms with van der Waals surface area (Å²) in [5, 5.41) is 12.9. The second-order valence-corrected chi connectivity index (χ2v) is 7.57. The number of β-amino-alcohol motifs (C(OH)–C–C–N with tert-alkyl or cyclic N) is 1. The van der Waals surface area contributed by atoms with Crippen LogP contribution in [0.4, 0.5) is 16.2 Å². The van der Waals surface area contributed by atoms with Crippen LogP contribution in [0.2, 0.25) is 10.0 Å². The number of carbonyl (C=O) groups is 1. The van der Waals surface area contributed by atoms with Crippen molar-refractivity contribution in [2.75, 3.05) is 16.3 Å². The number of terminal acetylenes is 1. The van der Waals surface area contributed by atoms with Gasteiger partial charge in [0.25, 0.3) is 0 Å². The fourth-order valence-electron chi connectivity index (χ4n) is 3.45. The average molecular weight is 423 g/mol. The van der Waals surface area contributed by atoms with E-state index in [0.29, 0.717) is 32.5 Å². The Morgan fingerprint density at radius 2 is 1.52 bits per heavy atom. The third kappa shape index (κ3) is 3.45. The average Bonchev–Trinajstić information content (AvgIpc) is 3.01. The van der Waals surface area contributed by atoms with E-state index < -0.39 is 5.72 Å². The van der Waals surface area contributed by atoms with E-state index in [1.807, 2.05) is 0 Å². The quantitative estimate of drug-likeness (QED) is 0.584. The van der Waals surface area contributed by atoms with Crippen molar-refractivity contribution >= 4 is 40.6 Å². The van der Waals surface area contributed by atoms with Crippen LogP contribution in [0.1, 0.15) is 11.1 Å². The van der Waals surface area contributed by atoms with E-state index in [-0.39, 0.29) is 12.6 Å². The molecule has 1 atom stereocenters. The topological polar surface area (TPSA) is 43.8 Å². The Bertz CT molecular complexity index is 1110. The van der Waals surface area contributed by atoms with Crippen molar-refractivity contribution in [3.05, 3.63) is 94.0 Å². The van der Waals surface area contributed by atoms with Gasteiger partial charge in [-0.1, -0.05) is 41.3 Å². The van der Waals surface area contributed by atoms with E-state index in [2.05, 4.69) is 5.92 Å². The molecule has 0 radical (unpaired) electrons. The molecular formula is C23H16Cl2N2O2. The SMILES string of the molecule is C#Cc1cccc(C2(O)CN(c3ccc(Cl)cc3)C(=O)N2c2ccc(Cl)cc2)c1. The summed E-state index contributed by atoms with van der Waals surface area (Å²) >= 11 is 12.0. The van der Waals surface area contributed by atoms with E-state index in [4.69, 9.17) is 29.6 Å². The maximum absolute atomic E-state index is 13.4. The summed E-state index contributed by atoms with van der Waals surface area (Å²) in [6.45, 7) is 0.0180. The van der Waals surface area contributed by atoms with Crippen LogP contribution in [-0.4, -0.2) is 17.7 Å². The highest BCUT2D eigenvalue weighted by atomic mass is 35.5. The first-order chi connectivity index (χ1) is 13.9. The highest BCUT2D eigenvalue weighted by molar-refractivity contribution is 6.31. The second kappa shape index (κ2) is 7.46. The van der Waals surface area contributed by atoms with Crippen molar-refractivity contribution in [2.45, 2.75) is 5.72 Å². The number of carbonyl (C=O) groups excluding carboxylic acids is 1. The Morgan fingerprint density at radius 1 is 0.931 bits per heavy atom. The molecule has 0 spiro atoms. The zero-order chi connectivity index (χ0) is 20.6. The van der Waals surface area contributed by atoms with Gasteiger partial charge in [-0.3, -0.25) is 9.80 Å². The minimum Gasteiger partial charge on any atom is -0.365 e. The van der Waals surface area contributed by atoms with Gasteiger partial charge in [-0.25, -0.2) is 4.79 Å². The highest BCUT2D eigenvalue weighted by Gasteiger charge is 2.51. The second-order valence-electron chi connectivity index (χ2n) is 6.70. The summed E-state index contributed by atoms with van der Waals surface area (Å²) in [5.41, 5.74) is 0.654. The molecule has 1 aliphatic rings. The van der Waals surface area contributed by atoms with Gasteiger partial charge in [-0.2, -0.15) is 0 Å². The van der Waals surface area contributed by atoms with Crippen molar-refractivity contribution in [2.24, 2.45) is 0 Å². The van der Waals surface area contributed by atoms with Crippen molar-refractivity contribution in [1.29, 1.82) is 0 Å². The number of hydrogen-bond acceptors (Lipinski definition) is 2. The molecule has 0 aromatic heterocycles. The van der Waals surface area contributed by atoms with Gasteiger partial charge in [-0.15, -0.1) is 6.42 Å². The Balaban J connectivity index is 1.85. The lowest BCUT2D eigenvalue weighted by Crippen LogP contribution is -2.44. The molecule has 0 aliphatic carbocycles. The molecule has 1 N–H and O–H groups in total. The van der Waals surface area contributed by atoms with Gasteiger partial charge in [0.2, 0.25) is 0 Å². The van der Waals surface area contributed by atoms with Crippen LogP contribution in [0.15, 0.2) is 72.8 Å².